The van der Waals surface area contributed by atoms with Crippen LogP contribution in [0.25, 0.3) is 0 Å². The van der Waals surface area contributed by atoms with Gasteiger partial charge in [0, 0.05) is 0 Å². The smallest absolute Gasteiger partial charge is 0.310 e. The Labute approximate surface area is 195 Å². The lowest BCUT2D eigenvalue weighted by Crippen LogP contribution is -2.61. The van der Waals surface area contributed by atoms with Crippen molar-refractivity contribution in [3.63, 3.8) is 0 Å². The van der Waals surface area contributed by atoms with Crippen LogP contribution in [0.1, 0.15) is 99.3 Å². The Balaban J connectivity index is 1.57. The molecule has 3 heteroatoms. The first-order valence-corrected chi connectivity index (χ1v) is 13.5. The lowest BCUT2D eigenvalue weighted by atomic mass is 9.37. The molecule has 0 aliphatic heterocycles. The SMILES string of the molecule is CC1CCC2(C(=O)O)CCC3(C)C(=CCC4C3CCC3C(C)(C)C(O)CCC43C)C2C1C. The van der Waals surface area contributed by atoms with Gasteiger partial charge in [-0.15, -0.1) is 0 Å². The van der Waals surface area contributed by atoms with E-state index >= 15 is 0 Å². The molecule has 10 atom stereocenters. The highest BCUT2D eigenvalue weighted by molar-refractivity contribution is 5.76. The van der Waals surface area contributed by atoms with Gasteiger partial charge < -0.3 is 10.2 Å². The second-order valence-electron chi connectivity index (χ2n) is 13.9. The number of carboxylic acids is 1. The molecule has 180 valence electrons. The lowest BCUT2D eigenvalue weighted by molar-refractivity contribution is -0.178. The minimum atomic E-state index is -0.540. The van der Waals surface area contributed by atoms with Gasteiger partial charge in [-0.3, -0.25) is 4.79 Å². The van der Waals surface area contributed by atoms with Crippen LogP contribution < -0.4 is 0 Å². The first-order chi connectivity index (χ1) is 14.9. The van der Waals surface area contributed by atoms with Gasteiger partial charge in [0.2, 0.25) is 0 Å². The molecular weight excluding hydrogens is 396 g/mol. The summed E-state index contributed by atoms with van der Waals surface area (Å²) in [5.74, 6) is 2.61. The van der Waals surface area contributed by atoms with E-state index in [1.54, 1.807) is 0 Å². The summed E-state index contributed by atoms with van der Waals surface area (Å²) in [7, 11) is 0. The first-order valence-electron chi connectivity index (χ1n) is 13.5. The Morgan fingerprint density at radius 2 is 1.66 bits per heavy atom. The molecule has 5 aliphatic rings. The van der Waals surface area contributed by atoms with Crippen molar-refractivity contribution >= 4 is 5.97 Å². The molecule has 32 heavy (non-hydrogen) atoms. The van der Waals surface area contributed by atoms with E-state index in [1.807, 2.05) is 0 Å². The molecule has 0 radical (unpaired) electrons. The molecule has 5 aliphatic carbocycles. The molecule has 5 rings (SSSR count). The van der Waals surface area contributed by atoms with Gasteiger partial charge >= 0.3 is 5.97 Å². The van der Waals surface area contributed by atoms with Gasteiger partial charge in [0.15, 0.2) is 0 Å². The predicted molar refractivity (Wildman–Crippen MR) is 128 cm³/mol. The Morgan fingerprint density at radius 3 is 2.34 bits per heavy atom. The molecule has 3 nitrogen and oxygen atoms in total. The maximum Gasteiger partial charge on any atom is 0.310 e. The standard InChI is InChI=1S/C29H46O3/c1-17-11-14-29(25(31)32)16-15-27(5)19-9-10-22-26(3,4)23(30)12-13-28(22,6)20(19)7-8-21(27)24(29)18(17)2/h8,17-20,22-24,30H,7,9-16H2,1-6H3,(H,31,32). The number of carbonyl (C=O) groups is 1. The van der Waals surface area contributed by atoms with E-state index in [1.165, 1.54) is 18.4 Å². The number of fused-ring (bicyclic) bond motifs is 7. The van der Waals surface area contributed by atoms with Crippen molar-refractivity contribution in [1.82, 2.24) is 0 Å². The number of aliphatic carboxylic acids is 1. The molecule has 0 heterocycles. The van der Waals surface area contributed by atoms with Crippen molar-refractivity contribution in [2.24, 2.45) is 57.2 Å². The average molecular weight is 443 g/mol. The van der Waals surface area contributed by atoms with Gasteiger partial charge in [-0.05, 0) is 110 Å². The van der Waals surface area contributed by atoms with E-state index < -0.39 is 11.4 Å². The monoisotopic (exact) mass is 442 g/mol. The number of aliphatic hydroxyl groups excluding tert-OH is 1. The van der Waals surface area contributed by atoms with Crippen molar-refractivity contribution in [3.8, 4) is 0 Å². The van der Waals surface area contributed by atoms with E-state index in [4.69, 9.17) is 0 Å². The van der Waals surface area contributed by atoms with Crippen molar-refractivity contribution in [2.75, 3.05) is 0 Å². The highest BCUT2D eigenvalue weighted by atomic mass is 16.4. The number of rotatable bonds is 1. The molecule has 0 spiro atoms. The highest BCUT2D eigenvalue weighted by Crippen LogP contribution is 2.71. The first kappa shape index (κ1) is 22.9. The van der Waals surface area contributed by atoms with Gasteiger partial charge in [-0.25, -0.2) is 0 Å². The summed E-state index contributed by atoms with van der Waals surface area (Å²) < 4.78 is 0. The third-order valence-corrected chi connectivity index (χ3v) is 12.6. The van der Waals surface area contributed by atoms with Crippen LogP contribution in [0.15, 0.2) is 11.6 Å². The molecule has 0 aromatic rings. The summed E-state index contributed by atoms with van der Waals surface area (Å²) in [6.07, 6.45) is 11.8. The van der Waals surface area contributed by atoms with Crippen LogP contribution in [0.3, 0.4) is 0 Å². The fourth-order valence-corrected chi connectivity index (χ4v) is 10.4. The van der Waals surface area contributed by atoms with Crippen molar-refractivity contribution in [3.05, 3.63) is 11.6 Å². The molecule has 0 saturated heterocycles. The van der Waals surface area contributed by atoms with E-state index in [-0.39, 0.29) is 28.3 Å². The topological polar surface area (TPSA) is 57.5 Å². The van der Waals surface area contributed by atoms with Gasteiger partial charge in [-0.2, -0.15) is 0 Å². The maximum atomic E-state index is 12.7. The van der Waals surface area contributed by atoms with Crippen LogP contribution in [0.4, 0.5) is 0 Å². The third-order valence-electron chi connectivity index (χ3n) is 12.6. The normalized spacial score (nSPS) is 54.3. The molecule has 0 amide bonds. The number of allylic oxidation sites excluding steroid dienone is 2. The maximum absolute atomic E-state index is 12.7. The fraction of sp³-hybridized carbons (Fsp3) is 0.897. The second-order valence-corrected chi connectivity index (χ2v) is 13.9. The molecule has 0 aromatic carbocycles. The van der Waals surface area contributed by atoms with Crippen LogP contribution in [0.2, 0.25) is 0 Å². The molecule has 10 unspecified atom stereocenters. The van der Waals surface area contributed by atoms with Gasteiger partial charge in [0.1, 0.15) is 0 Å². The summed E-state index contributed by atoms with van der Waals surface area (Å²) in [6, 6.07) is 0. The van der Waals surface area contributed by atoms with Crippen molar-refractivity contribution in [2.45, 2.75) is 105 Å². The summed E-state index contributed by atoms with van der Waals surface area (Å²) in [6.45, 7) is 14.3. The number of carboxylic acid groups (broad SMARTS) is 1. The summed E-state index contributed by atoms with van der Waals surface area (Å²) in [5, 5.41) is 21.3. The zero-order valence-corrected chi connectivity index (χ0v) is 21.3. The molecule has 4 fully saturated rings. The second kappa shape index (κ2) is 7.09. The Kier molecular flexibility index (Phi) is 5.08. The quantitative estimate of drug-likeness (QED) is 0.444. The minimum absolute atomic E-state index is 0.0127. The van der Waals surface area contributed by atoms with Crippen LogP contribution in [0, 0.1) is 57.2 Å². The Bertz CT molecular complexity index is 828. The van der Waals surface area contributed by atoms with Crippen molar-refractivity contribution in [1.29, 1.82) is 0 Å². The summed E-state index contributed by atoms with van der Waals surface area (Å²) in [5.41, 5.74) is 1.41. The Hall–Kier alpha value is -0.830. The zero-order chi connectivity index (χ0) is 23.3. The van der Waals surface area contributed by atoms with Crippen LogP contribution in [-0.2, 0) is 4.79 Å². The van der Waals surface area contributed by atoms with Crippen LogP contribution in [-0.4, -0.2) is 22.3 Å². The largest absolute Gasteiger partial charge is 0.481 e. The van der Waals surface area contributed by atoms with E-state index in [9.17, 15) is 15.0 Å². The predicted octanol–water partition coefficient (Wildman–Crippen LogP) is 6.70. The van der Waals surface area contributed by atoms with Gasteiger partial charge in [0.25, 0.3) is 0 Å². The number of aliphatic hydroxyl groups is 1. The summed E-state index contributed by atoms with van der Waals surface area (Å²) >= 11 is 0. The number of hydrogen-bond donors (Lipinski definition) is 2. The third kappa shape index (κ3) is 2.72. The van der Waals surface area contributed by atoms with Crippen molar-refractivity contribution < 1.29 is 15.0 Å². The average Bonchev–Trinajstić information content (AvgIpc) is 2.73. The lowest BCUT2D eigenvalue weighted by Gasteiger charge is -2.67. The van der Waals surface area contributed by atoms with E-state index in [0.717, 1.165) is 44.9 Å². The van der Waals surface area contributed by atoms with Crippen LogP contribution in [0.5, 0.6) is 0 Å². The number of hydrogen-bond acceptors (Lipinski definition) is 2. The van der Waals surface area contributed by atoms with E-state index in [2.05, 4.69) is 47.6 Å². The molecule has 0 bridgehead atoms. The highest BCUT2D eigenvalue weighted by Gasteiger charge is 2.65. The van der Waals surface area contributed by atoms with Crippen LogP contribution >= 0.6 is 0 Å². The molecule has 0 aromatic heterocycles. The fourth-order valence-electron chi connectivity index (χ4n) is 10.4. The Morgan fingerprint density at radius 1 is 0.938 bits per heavy atom. The van der Waals surface area contributed by atoms with Gasteiger partial charge in [0.05, 0.1) is 11.5 Å². The van der Waals surface area contributed by atoms with Gasteiger partial charge in [-0.1, -0.05) is 53.2 Å². The molecule has 2 N–H and O–H groups in total. The minimum Gasteiger partial charge on any atom is -0.481 e. The van der Waals surface area contributed by atoms with E-state index in [0.29, 0.717) is 29.6 Å². The molecule has 4 saturated carbocycles. The summed E-state index contributed by atoms with van der Waals surface area (Å²) in [4.78, 5) is 12.7. The zero-order valence-electron chi connectivity index (χ0n) is 21.3. The molecular formula is C29H46O3.